The number of hydrogen-bond donors (Lipinski definition) is 2. The van der Waals surface area contributed by atoms with Crippen molar-refractivity contribution in [3.63, 3.8) is 0 Å². The zero-order valence-electron chi connectivity index (χ0n) is 20.6. The second kappa shape index (κ2) is 10.2. The Bertz CT molecular complexity index is 1100. The van der Waals surface area contributed by atoms with Crippen LogP contribution in [0.1, 0.15) is 62.0 Å². The molecule has 0 radical (unpaired) electrons. The van der Waals surface area contributed by atoms with E-state index in [1.54, 1.807) is 35.2 Å². The molecule has 3 amide bonds. The van der Waals surface area contributed by atoms with Gasteiger partial charge in [0.2, 0.25) is 11.8 Å². The number of nitrogens with zero attached hydrogens (tertiary/aromatic N) is 2. The lowest BCUT2D eigenvalue weighted by Gasteiger charge is -2.33. The van der Waals surface area contributed by atoms with E-state index in [0.717, 1.165) is 19.5 Å². The topological polar surface area (TPSA) is 81.8 Å². The van der Waals surface area contributed by atoms with Crippen LogP contribution < -0.4 is 15.5 Å². The predicted molar refractivity (Wildman–Crippen MR) is 134 cm³/mol. The lowest BCUT2D eigenvalue weighted by molar-refractivity contribution is -0.121. The van der Waals surface area contributed by atoms with Gasteiger partial charge in [-0.1, -0.05) is 32.9 Å². The van der Waals surface area contributed by atoms with Crippen LogP contribution in [0.25, 0.3) is 0 Å². The van der Waals surface area contributed by atoms with Crippen LogP contribution in [0.15, 0.2) is 42.5 Å². The van der Waals surface area contributed by atoms with Crippen LogP contribution in [-0.2, 0) is 9.59 Å². The summed E-state index contributed by atoms with van der Waals surface area (Å²) in [4.78, 5) is 43.2. The van der Waals surface area contributed by atoms with Gasteiger partial charge in [0.15, 0.2) is 0 Å². The molecular weight excluding hydrogens is 447 g/mol. The van der Waals surface area contributed by atoms with Crippen LogP contribution in [0.3, 0.4) is 0 Å². The van der Waals surface area contributed by atoms with E-state index >= 15 is 0 Å². The van der Waals surface area contributed by atoms with Crippen LogP contribution in [0.5, 0.6) is 0 Å². The van der Waals surface area contributed by atoms with Crippen LogP contribution >= 0.6 is 0 Å². The highest BCUT2D eigenvalue weighted by atomic mass is 19.1. The van der Waals surface area contributed by atoms with Crippen molar-refractivity contribution in [2.75, 3.05) is 36.4 Å². The maximum absolute atomic E-state index is 13.6. The highest BCUT2D eigenvalue weighted by Gasteiger charge is 2.35. The molecule has 4 rings (SSSR count). The second-order valence-corrected chi connectivity index (χ2v) is 10.4. The molecule has 2 aromatic carbocycles. The fourth-order valence-electron chi connectivity index (χ4n) is 4.65. The Labute approximate surface area is 205 Å². The minimum absolute atomic E-state index is 0.0251. The first-order valence-corrected chi connectivity index (χ1v) is 12.1. The number of carbonyl (C=O) groups is 3. The molecule has 0 bridgehead atoms. The molecule has 1 atom stereocenters. The molecule has 35 heavy (non-hydrogen) atoms. The normalized spacial score (nSPS) is 18.9. The van der Waals surface area contributed by atoms with E-state index in [1.807, 2.05) is 25.7 Å². The average molecular weight is 481 g/mol. The quantitative estimate of drug-likeness (QED) is 0.693. The van der Waals surface area contributed by atoms with Crippen molar-refractivity contribution >= 4 is 29.1 Å². The Balaban J connectivity index is 1.75. The number of nitrogens with one attached hydrogen (secondary N) is 2. The van der Waals surface area contributed by atoms with Gasteiger partial charge in [-0.15, -0.1) is 0 Å². The smallest absolute Gasteiger partial charge is 0.253 e. The summed E-state index contributed by atoms with van der Waals surface area (Å²) in [6, 6.07) is 10.4. The molecule has 0 saturated carbocycles. The summed E-state index contributed by atoms with van der Waals surface area (Å²) in [7, 11) is 0. The highest BCUT2D eigenvalue weighted by molar-refractivity contribution is 6.06. The number of benzene rings is 2. The van der Waals surface area contributed by atoms with E-state index in [1.165, 1.54) is 12.1 Å². The molecule has 0 spiro atoms. The Hall–Kier alpha value is -3.26. The Morgan fingerprint density at radius 2 is 1.80 bits per heavy atom. The summed E-state index contributed by atoms with van der Waals surface area (Å²) in [6.45, 7) is 8.85. The van der Waals surface area contributed by atoms with Gasteiger partial charge in [0.25, 0.3) is 5.91 Å². The third kappa shape index (κ3) is 5.88. The van der Waals surface area contributed by atoms with Crippen molar-refractivity contribution in [3.05, 3.63) is 59.4 Å². The van der Waals surface area contributed by atoms with Gasteiger partial charge >= 0.3 is 0 Å². The lowest BCUT2D eigenvalue weighted by atomic mass is 9.90. The Morgan fingerprint density at radius 3 is 2.51 bits per heavy atom. The van der Waals surface area contributed by atoms with E-state index in [4.69, 9.17) is 0 Å². The molecule has 1 saturated heterocycles. The number of hydrogen-bond acceptors (Lipinski definition) is 4. The van der Waals surface area contributed by atoms with Gasteiger partial charge in [0.1, 0.15) is 5.82 Å². The van der Waals surface area contributed by atoms with Crippen LogP contribution in [0.2, 0.25) is 0 Å². The molecule has 2 aliphatic rings. The van der Waals surface area contributed by atoms with Crippen molar-refractivity contribution in [1.29, 1.82) is 0 Å². The van der Waals surface area contributed by atoms with Gasteiger partial charge < -0.3 is 20.4 Å². The number of fused-ring (bicyclic) bond motifs is 1. The molecule has 2 heterocycles. The minimum atomic E-state index is -0.593. The highest BCUT2D eigenvalue weighted by Crippen LogP contribution is 2.40. The van der Waals surface area contributed by atoms with Crippen LogP contribution in [-0.4, -0.2) is 48.8 Å². The summed E-state index contributed by atoms with van der Waals surface area (Å²) >= 11 is 0. The van der Waals surface area contributed by atoms with Gasteiger partial charge in [-0.2, -0.15) is 0 Å². The Kier molecular flexibility index (Phi) is 7.21. The van der Waals surface area contributed by atoms with Gasteiger partial charge in [-0.3, -0.25) is 14.4 Å². The summed E-state index contributed by atoms with van der Waals surface area (Å²) in [6.07, 6.45) is 1.17. The second-order valence-electron chi connectivity index (χ2n) is 10.4. The van der Waals surface area contributed by atoms with Crippen LogP contribution in [0, 0.1) is 11.2 Å². The summed E-state index contributed by atoms with van der Waals surface area (Å²) < 4.78 is 13.6. The van der Waals surface area contributed by atoms with Gasteiger partial charge in [-0.25, -0.2) is 4.39 Å². The van der Waals surface area contributed by atoms with E-state index in [2.05, 4.69) is 10.6 Å². The predicted octanol–water partition coefficient (Wildman–Crippen LogP) is 4.11. The first-order chi connectivity index (χ1) is 16.6. The first kappa shape index (κ1) is 24.9. The maximum Gasteiger partial charge on any atom is 0.253 e. The molecule has 2 N–H and O–H groups in total. The Morgan fingerprint density at radius 1 is 1.06 bits per heavy atom. The third-order valence-electron chi connectivity index (χ3n) is 6.30. The molecule has 2 aliphatic heterocycles. The molecule has 1 unspecified atom stereocenters. The summed E-state index contributed by atoms with van der Waals surface area (Å²) in [5.41, 5.74) is 1.84. The fourth-order valence-corrected chi connectivity index (χ4v) is 4.65. The summed E-state index contributed by atoms with van der Waals surface area (Å²) in [5.74, 6) is -0.887. The van der Waals surface area contributed by atoms with E-state index < -0.39 is 6.04 Å². The number of carbonyl (C=O) groups excluding carboxylic acids is 3. The van der Waals surface area contributed by atoms with E-state index in [-0.39, 0.29) is 41.8 Å². The van der Waals surface area contributed by atoms with Gasteiger partial charge in [0.05, 0.1) is 23.8 Å². The molecule has 1 fully saturated rings. The number of rotatable bonds is 3. The van der Waals surface area contributed by atoms with E-state index in [0.29, 0.717) is 35.6 Å². The van der Waals surface area contributed by atoms with Crippen molar-refractivity contribution in [2.24, 2.45) is 5.41 Å². The molecular formula is C27H33FN4O3. The molecule has 7 nitrogen and oxygen atoms in total. The lowest BCUT2D eigenvalue weighted by Crippen LogP contribution is -2.37. The summed E-state index contributed by atoms with van der Waals surface area (Å²) in [5, 5.41) is 6.19. The first-order valence-electron chi connectivity index (χ1n) is 12.1. The zero-order valence-corrected chi connectivity index (χ0v) is 20.6. The standard InChI is InChI=1S/C27H33FN4O3/c1-27(2,3)17-25(34)32-22-10-7-19(26(35)31-13-4-11-29-12-14-31)15-21(22)30-24(33)16-23(32)18-5-8-20(28)9-6-18/h5-10,15,23,29H,4,11-14,16-17H2,1-3H3,(H,30,33). The van der Waals surface area contributed by atoms with Crippen molar-refractivity contribution < 1.29 is 18.8 Å². The SMILES string of the molecule is CC(C)(C)CC(=O)N1c2ccc(C(=O)N3CCCNCC3)cc2NC(=O)CC1c1ccc(F)cc1. The third-order valence-corrected chi connectivity index (χ3v) is 6.30. The number of halogens is 1. The fraction of sp³-hybridized carbons (Fsp3) is 0.444. The van der Waals surface area contributed by atoms with Gasteiger partial charge in [0, 0.05) is 31.6 Å². The minimum Gasteiger partial charge on any atom is -0.337 e. The van der Waals surface area contributed by atoms with Crippen LogP contribution in [0.4, 0.5) is 15.8 Å². The molecule has 2 aromatic rings. The van der Waals surface area contributed by atoms with Gasteiger partial charge in [-0.05, 0) is 54.3 Å². The van der Waals surface area contributed by atoms with Crippen molar-refractivity contribution in [2.45, 2.75) is 46.1 Å². The molecule has 186 valence electrons. The largest absolute Gasteiger partial charge is 0.337 e. The number of amides is 3. The number of anilines is 2. The monoisotopic (exact) mass is 480 g/mol. The van der Waals surface area contributed by atoms with Crippen molar-refractivity contribution in [3.8, 4) is 0 Å². The molecule has 0 aliphatic carbocycles. The van der Waals surface area contributed by atoms with Crippen molar-refractivity contribution in [1.82, 2.24) is 10.2 Å². The van der Waals surface area contributed by atoms with E-state index in [9.17, 15) is 18.8 Å². The zero-order chi connectivity index (χ0) is 25.2. The maximum atomic E-state index is 13.6. The molecule has 0 aromatic heterocycles. The average Bonchev–Trinajstić information content (AvgIpc) is 3.14. The molecule has 8 heteroatoms.